The first-order chi connectivity index (χ1) is 9.74. The van der Waals surface area contributed by atoms with Crippen LogP contribution in [-0.4, -0.2) is 13.2 Å². The second-order valence-electron chi connectivity index (χ2n) is 4.81. The number of hydrogen-bond acceptors (Lipinski definition) is 3. The lowest BCUT2D eigenvalue weighted by Gasteiger charge is -2.26. The van der Waals surface area contributed by atoms with E-state index >= 15 is 0 Å². The fraction of sp³-hybridized carbons (Fsp3) is 0.250. The van der Waals surface area contributed by atoms with Crippen molar-refractivity contribution in [2.45, 2.75) is 12.5 Å². The molecule has 0 saturated heterocycles. The first kappa shape index (κ1) is 13.3. The summed E-state index contributed by atoms with van der Waals surface area (Å²) in [7, 11) is 0. The number of ether oxygens (including phenoxy) is 2. The second kappa shape index (κ2) is 5.73. The summed E-state index contributed by atoms with van der Waals surface area (Å²) in [5.74, 6) is 0.632. The van der Waals surface area contributed by atoms with Crippen molar-refractivity contribution < 1.29 is 9.47 Å². The van der Waals surface area contributed by atoms with Gasteiger partial charge in [-0.05, 0) is 35.7 Å². The highest BCUT2D eigenvalue weighted by Crippen LogP contribution is 2.30. The van der Waals surface area contributed by atoms with Gasteiger partial charge in [0.15, 0.2) is 0 Å². The summed E-state index contributed by atoms with van der Waals surface area (Å²) in [5, 5.41) is 0.522. The molecule has 0 bridgehead atoms. The van der Waals surface area contributed by atoms with Gasteiger partial charge in [-0.3, -0.25) is 0 Å². The van der Waals surface area contributed by atoms with Crippen molar-refractivity contribution in [2.24, 2.45) is 0 Å². The van der Waals surface area contributed by atoms with E-state index < -0.39 is 0 Å². The van der Waals surface area contributed by atoms with Gasteiger partial charge in [0.1, 0.15) is 18.5 Å². The van der Waals surface area contributed by atoms with E-state index in [4.69, 9.17) is 26.8 Å². The van der Waals surface area contributed by atoms with E-state index in [0.717, 1.165) is 13.0 Å². The molecule has 2 aromatic carbocycles. The zero-order valence-corrected chi connectivity index (χ0v) is 11.8. The number of anilines is 1. The summed E-state index contributed by atoms with van der Waals surface area (Å²) in [6.07, 6.45) is 0.906. The highest BCUT2D eigenvalue weighted by atomic mass is 35.5. The molecule has 2 aromatic rings. The molecule has 1 heterocycles. The third kappa shape index (κ3) is 2.74. The number of nitrogen functional groups attached to an aromatic ring is 1. The molecule has 0 aromatic heterocycles. The van der Waals surface area contributed by atoms with Crippen LogP contribution in [0.1, 0.15) is 17.2 Å². The van der Waals surface area contributed by atoms with Gasteiger partial charge >= 0.3 is 0 Å². The van der Waals surface area contributed by atoms with Crippen molar-refractivity contribution in [2.75, 3.05) is 18.9 Å². The van der Waals surface area contributed by atoms with Gasteiger partial charge in [-0.15, -0.1) is 0 Å². The molecule has 1 aliphatic rings. The minimum absolute atomic E-state index is 0.0476. The van der Waals surface area contributed by atoms with Crippen LogP contribution in [0.4, 0.5) is 5.69 Å². The topological polar surface area (TPSA) is 44.5 Å². The highest BCUT2D eigenvalue weighted by Gasteiger charge is 2.21. The maximum Gasteiger partial charge on any atom is 0.138 e. The Bertz CT molecular complexity index is 615. The largest absolute Gasteiger partial charge is 0.489 e. The monoisotopic (exact) mass is 289 g/mol. The molecule has 0 amide bonds. The third-order valence-electron chi connectivity index (χ3n) is 3.44. The van der Waals surface area contributed by atoms with E-state index in [0.29, 0.717) is 23.1 Å². The number of hydrogen-bond donors (Lipinski definition) is 1. The van der Waals surface area contributed by atoms with E-state index in [1.165, 1.54) is 11.1 Å². The highest BCUT2D eigenvalue weighted by molar-refractivity contribution is 6.32. The van der Waals surface area contributed by atoms with Gasteiger partial charge in [-0.1, -0.05) is 35.9 Å². The van der Waals surface area contributed by atoms with Crippen LogP contribution in [0.2, 0.25) is 5.02 Å². The minimum atomic E-state index is -0.0476. The Morgan fingerprint density at radius 1 is 1.25 bits per heavy atom. The number of halogens is 1. The number of benzene rings is 2. The van der Waals surface area contributed by atoms with Gasteiger partial charge in [0.2, 0.25) is 0 Å². The third-order valence-corrected chi connectivity index (χ3v) is 3.73. The predicted molar refractivity (Wildman–Crippen MR) is 80.2 cm³/mol. The maximum atomic E-state index is 6.10. The molecule has 0 radical (unpaired) electrons. The summed E-state index contributed by atoms with van der Waals surface area (Å²) in [4.78, 5) is 0. The average Bonchev–Trinajstić information content (AvgIpc) is 2.46. The van der Waals surface area contributed by atoms with Crippen molar-refractivity contribution in [3.8, 4) is 5.75 Å². The van der Waals surface area contributed by atoms with E-state index in [-0.39, 0.29) is 6.10 Å². The maximum absolute atomic E-state index is 6.10. The summed E-state index contributed by atoms with van der Waals surface area (Å²) in [5.41, 5.74) is 8.82. The fourth-order valence-electron chi connectivity index (χ4n) is 2.41. The Balaban J connectivity index is 1.73. The van der Waals surface area contributed by atoms with Crippen LogP contribution in [0, 0.1) is 0 Å². The van der Waals surface area contributed by atoms with Gasteiger partial charge in [-0.25, -0.2) is 0 Å². The van der Waals surface area contributed by atoms with E-state index in [9.17, 15) is 0 Å². The first-order valence-electron chi connectivity index (χ1n) is 6.61. The Kier molecular flexibility index (Phi) is 3.81. The zero-order chi connectivity index (χ0) is 13.9. The smallest absolute Gasteiger partial charge is 0.138 e. The Morgan fingerprint density at radius 2 is 2.10 bits per heavy atom. The predicted octanol–water partition coefficient (Wildman–Crippen LogP) is 3.62. The van der Waals surface area contributed by atoms with Crippen molar-refractivity contribution in [1.82, 2.24) is 0 Å². The summed E-state index contributed by atoms with van der Waals surface area (Å²) >= 11 is 6.10. The molecule has 0 spiro atoms. The molecular weight excluding hydrogens is 274 g/mol. The van der Waals surface area contributed by atoms with Crippen molar-refractivity contribution in [3.63, 3.8) is 0 Å². The summed E-state index contributed by atoms with van der Waals surface area (Å²) < 4.78 is 11.6. The molecular formula is C16H16ClNO2. The van der Waals surface area contributed by atoms with Gasteiger partial charge in [0.25, 0.3) is 0 Å². The first-order valence-corrected chi connectivity index (χ1v) is 6.99. The number of rotatable bonds is 3. The number of nitrogens with two attached hydrogens (primary N) is 1. The van der Waals surface area contributed by atoms with Crippen molar-refractivity contribution >= 4 is 17.3 Å². The van der Waals surface area contributed by atoms with Crippen LogP contribution in [-0.2, 0) is 11.2 Å². The minimum Gasteiger partial charge on any atom is -0.489 e. The van der Waals surface area contributed by atoms with Crippen LogP contribution in [0.5, 0.6) is 5.75 Å². The SMILES string of the molecule is Nc1ccc(OCC2OCCc3ccccc32)c(Cl)c1. The molecule has 1 unspecified atom stereocenters. The quantitative estimate of drug-likeness (QED) is 0.878. The van der Waals surface area contributed by atoms with Crippen molar-refractivity contribution in [3.05, 3.63) is 58.6 Å². The van der Waals surface area contributed by atoms with E-state index in [1.54, 1.807) is 18.2 Å². The molecule has 20 heavy (non-hydrogen) atoms. The molecule has 3 rings (SSSR count). The molecule has 0 aliphatic carbocycles. The zero-order valence-electron chi connectivity index (χ0n) is 11.0. The molecule has 4 heteroatoms. The normalized spacial score (nSPS) is 17.6. The summed E-state index contributed by atoms with van der Waals surface area (Å²) in [6.45, 7) is 1.17. The van der Waals surface area contributed by atoms with Crippen LogP contribution in [0.15, 0.2) is 42.5 Å². The molecule has 0 fully saturated rings. The Hall–Kier alpha value is -1.71. The standard InChI is InChI=1S/C16H16ClNO2/c17-14-9-12(18)5-6-15(14)20-10-16-13-4-2-1-3-11(13)7-8-19-16/h1-6,9,16H,7-8,10,18H2. The van der Waals surface area contributed by atoms with Crippen LogP contribution in [0.3, 0.4) is 0 Å². The van der Waals surface area contributed by atoms with Gasteiger partial charge in [0.05, 0.1) is 11.6 Å². The fourth-order valence-corrected chi connectivity index (χ4v) is 2.66. The molecule has 1 aliphatic heterocycles. The summed E-state index contributed by atoms with van der Waals surface area (Å²) in [6, 6.07) is 13.6. The van der Waals surface area contributed by atoms with Crippen LogP contribution >= 0.6 is 11.6 Å². The van der Waals surface area contributed by atoms with Gasteiger partial charge in [0, 0.05) is 5.69 Å². The molecule has 0 saturated carbocycles. The lowest BCUT2D eigenvalue weighted by Crippen LogP contribution is -2.21. The second-order valence-corrected chi connectivity index (χ2v) is 5.22. The van der Waals surface area contributed by atoms with Crippen LogP contribution in [0.25, 0.3) is 0 Å². The number of fused-ring (bicyclic) bond motifs is 1. The van der Waals surface area contributed by atoms with Crippen LogP contribution < -0.4 is 10.5 Å². The average molecular weight is 290 g/mol. The molecule has 1 atom stereocenters. The molecule has 3 nitrogen and oxygen atoms in total. The lowest BCUT2D eigenvalue weighted by molar-refractivity contribution is 0.0102. The Labute approximate surface area is 123 Å². The van der Waals surface area contributed by atoms with Crippen molar-refractivity contribution in [1.29, 1.82) is 0 Å². The molecule has 2 N–H and O–H groups in total. The Morgan fingerprint density at radius 3 is 2.95 bits per heavy atom. The van der Waals surface area contributed by atoms with E-state index in [1.807, 2.05) is 6.07 Å². The van der Waals surface area contributed by atoms with Gasteiger partial charge < -0.3 is 15.2 Å². The van der Waals surface area contributed by atoms with Gasteiger partial charge in [-0.2, -0.15) is 0 Å². The lowest BCUT2D eigenvalue weighted by atomic mass is 9.98. The van der Waals surface area contributed by atoms with E-state index in [2.05, 4.69) is 18.2 Å². The molecule has 104 valence electrons.